The van der Waals surface area contributed by atoms with E-state index in [1.54, 1.807) is 0 Å². The number of hydrogen-bond acceptors (Lipinski definition) is 3. The van der Waals surface area contributed by atoms with Gasteiger partial charge < -0.3 is 10.6 Å². The zero-order valence-corrected chi connectivity index (χ0v) is 13.3. The number of likely N-dealkylation sites (tertiary alicyclic amines) is 1. The molecule has 112 valence electrons. The second-order valence-electron chi connectivity index (χ2n) is 6.70. The molecule has 1 fully saturated rings. The molecular formula is C15H31N3O. The van der Waals surface area contributed by atoms with Gasteiger partial charge in [0, 0.05) is 18.1 Å². The molecule has 1 rings (SSSR count). The van der Waals surface area contributed by atoms with Crippen molar-refractivity contribution >= 4 is 5.91 Å². The van der Waals surface area contributed by atoms with Crippen LogP contribution in [0.4, 0.5) is 0 Å². The Balaban J connectivity index is 2.47. The Morgan fingerprint density at radius 1 is 1.42 bits per heavy atom. The van der Waals surface area contributed by atoms with Crippen molar-refractivity contribution in [2.45, 2.75) is 71.5 Å². The lowest BCUT2D eigenvalue weighted by molar-refractivity contribution is -0.127. The van der Waals surface area contributed by atoms with E-state index in [4.69, 9.17) is 0 Å². The van der Waals surface area contributed by atoms with Crippen LogP contribution in [-0.2, 0) is 4.79 Å². The van der Waals surface area contributed by atoms with Gasteiger partial charge in [-0.05, 0) is 60.0 Å². The Morgan fingerprint density at radius 2 is 2.11 bits per heavy atom. The fourth-order valence-corrected chi connectivity index (χ4v) is 2.51. The molecule has 4 heteroatoms. The van der Waals surface area contributed by atoms with Gasteiger partial charge in [0.25, 0.3) is 0 Å². The Kier molecular flexibility index (Phi) is 6.27. The van der Waals surface area contributed by atoms with Crippen LogP contribution >= 0.6 is 0 Å². The van der Waals surface area contributed by atoms with Crippen molar-refractivity contribution in [3.8, 4) is 0 Å². The number of piperidine rings is 1. The molecule has 0 saturated carbocycles. The first kappa shape index (κ1) is 16.4. The summed E-state index contributed by atoms with van der Waals surface area (Å²) in [5.41, 5.74) is -0.152. The molecule has 0 bridgehead atoms. The highest BCUT2D eigenvalue weighted by molar-refractivity contribution is 5.81. The summed E-state index contributed by atoms with van der Waals surface area (Å²) in [6, 6.07) is 0.504. The highest BCUT2D eigenvalue weighted by atomic mass is 16.2. The fraction of sp³-hybridized carbons (Fsp3) is 0.933. The highest BCUT2D eigenvalue weighted by Gasteiger charge is 2.28. The first-order valence-corrected chi connectivity index (χ1v) is 7.63. The van der Waals surface area contributed by atoms with Crippen molar-refractivity contribution in [1.29, 1.82) is 0 Å². The monoisotopic (exact) mass is 269 g/mol. The van der Waals surface area contributed by atoms with E-state index < -0.39 is 0 Å². The van der Waals surface area contributed by atoms with Gasteiger partial charge in [0.1, 0.15) is 0 Å². The standard InChI is InChI=1S/C15H31N3O/c1-6-9-16-13-8-7-10-18(11-13)12(2)14(19)17-15(3,4)5/h12-13,16H,6-11H2,1-5H3,(H,17,19). The largest absolute Gasteiger partial charge is 0.350 e. The number of hydrogen-bond donors (Lipinski definition) is 2. The van der Waals surface area contributed by atoms with Crippen molar-refractivity contribution in [3.05, 3.63) is 0 Å². The Labute approximate surface area is 118 Å². The fourth-order valence-electron chi connectivity index (χ4n) is 2.51. The van der Waals surface area contributed by atoms with Gasteiger partial charge in [0.15, 0.2) is 0 Å². The molecule has 1 heterocycles. The number of amides is 1. The van der Waals surface area contributed by atoms with Gasteiger partial charge in [-0.3, -0.25) is 9.69 Å². The lowest BCUT2D eigenvalue weighted by Crippen LogP contribution is -2.55. The van der Waals surface area contributed by atoms with Crippen molar-refractivity contribution in [1.82, 2.24) is 15.5 Å². The summed E-state index contributed by atoms with van der Waals surface area (Å²) in [6.07, 6.45) is 3.56. The summed E-state index contributed by atoms with van der Waals surface area (Å²) in [4.78, 5) is 14.5. The summed E-state index contributed by atoms with van der Waals surface area (Å²) >= 11 is 0. The number of nitrogens with one attached hydrogen (secondary N) is 2. The predicted molar refractivity (Wildman–Crippen MR) is 80.2 cm³/mol. The van der Waals surface area contributed by atoms with Crippen LogP contribution in [-0.4, -0.2) is 48.1 Å². The van der Waals surface area contributed by atoms with Crippen molar-refractivity contribution in [3.63, 3.8) is 0 Å². The Morgan fingerprint density at radius 3 is 2.68 bits per heavy atom. The molecule has 2 N–H and O–H groups in total. The van der Waals surface area contributed by atoms with Gasteiger partial charge in [-0.2, -0.15) is 0 Å². The van der Waals surface area contributed by atoms with Gasteiger partial charge in [0.2, 0.25) is 5.91 Å². The summed E-state index contributed by atoms with van der Waals surface area (Å²) in [5.74, 6) is 0.142. The second-order valence-corrected chi connectivity index (χ2v) is 6.70. The minimum Gasteiger partial charge on any atom is -0.350 e. The van der Waals surface area contributed by atoms with Crippen molar-refractivity contribution in [2.24, 2.45) is 0 Å². The van der Waals surface area contributed by atoms with Crippen molar-refractivity contribution in [2.75, 3.05) is 19.6 Å². The van der Waals surface area contributed by atoms with E-state index in [1.807, 2.05) is 27.7 Å². The van der Waals surface area contributed by atoms with E-state index in [0.717, 1.165) is 26.1 Å². The van der Waals surface area contributed by atoms with Crippen LogP contribution in [0.25, 0.3) is 0 Å². The molecule has 1 aliphatic rings. The van der Waals surface area contributed by atoms with Gasteiger partial charge in [-0.15, -0.1) is 0 Å². The number of nitrogens with zero attached hydrogens (tertiary/aromatic N) is 1. The zero-order valence-electron chi connectivity index (χ0n) is 13.3. The quantitative estimate of drug-likeness (QED) is 0.799. The van der Waals surface area contributed by atoms with Crippen LogP contribution in [0.1, 0.15) is 53.9 Å². The Hall–Kier alpha value is -0.610. The maximum atomic E-state index is 12.2. The molecule has 2 atom stereocenters. The molecule has 19 heavy (non-hydrogen) atoms. The minimum atomic E-state index is -0.152. The summed E-state index contributed by atoms with van der Waals surface area (Å²) in [5, 5.41) is 6.64. The maximum Gasteiger partial charge on any atom is 0.237 e. The molecule has 0 radical (unpaired) electrons. The molecule has 1 amide bonds. The second kappa shape index (κ2) is 7.25. The van der Waals surface area contributed by atoms with Crippen LogP contribution in [0.3, 0.4) is 0 Å². The van der Waals surface area contributed by atoms with Crippen LogP contribution in [0.2, 0.25) is 0 Å². The van der Waals surface area contributed by atoms with Gasteiger partial charge in [0.05, 0.1) is 6.04 Å². The minimum absolute atomic E-state index is 0.0366. The molecule has 0 aromatic rings. The molecule has 0 aliphatic carbocycles. The third kappa shape index (κ3) is 5.91. The van der Waals surface area contributed by atoms with E-state index >= 15 is 0 Å². The first-order valence-electron chi connectivity index (χ1n) is 7.63. The zero-order chi connectivity index (χ0) is 14.5. The molecule has 0 aromatic carbocycles. The van der Waals surface area contributed by atoms with E-state index in [-0.39, 0.29) is 17.5 Å². The number of carbonyl (C=O) groups is 1. The van der Waals surface area contributed by atoms with Crippen LogP contribution in [0.5, 0.6) is 0 Å². The van der Waals surface area contributed by atoms with E-state index in [0.29, 0.717) is 6.04 Å². The van der Waals surface area contributed by atoms with Gasteiger partial charge >= 0.3 is 0 Å². The van der Waals surface area contributed by atoms with Gasteiger partial charge in [-0.25, -0.2) is 0 Å². The molecule has 0 aromatic heterocycles. The summed E-state index contributed by atoms with van der Waals surface area (Å²) in [7, 11) is 0. The van der Waals surface area contributed by atoms with E-state index in [9.17, 15) is 4.79 Å². The lowest BCUT2D eigenvalue weighted by Gasteiger charge is -2.37. The molecular weight excluding hydrogens is 238 g/mol. The topological polar surface area (TPSA) is 44.4 Å². The van der Waals surface area contributed by atoms with E-state index in [1.165, 1.54) is 12.8 Å². The first-order chi connectivity index (χ1) is 8.83. The summed E-state index contributed by atoms with van der Waals surface area (Å²) < 4.78 is 0. The molecule has 2 unspecified atom stereocenters. The number of carbonyl (C=O) groups excluding carboxylic acids is 1. The molecule has 0 spiro atoms. The smallest absolute Gasteiger partial charge is 0.237 e. The average molecular weight is 269 g/mol. The van der Waals surface area contributed by atoms with Crippen LogP contribution in [0.15, 0.2) is 0 Å². The molecule has 4 nitrogen and oxygen atoms in total. The third-order valence-electron chi connectivity index (χ3n) is 3.56. The highest BCUT2D eigenvalue weighted by Crippen LogP contribution is 2.14. The average Bonchev–Trinajstić information content (AvgIpc) is 2.33. The normalized spacial score (nSPS) is 23.1. The number of rotatable bonds is 5. The molecule has 1 aliphatic heterocycles. The maximum absolute atomic E-state index is 12.2. The Bertz CT molecular complexity index is 286. The lowest BCUT2D eigenvalue weighted by atomic mass is 10.0. The third-order valence-corrected chi connectivity index (χ3v) is 3.56. The van der Waals surface area contributed by atoms with Gasteiger partial charge in [-0.1, -0.05) is 6.92 Å². The predicted octanol–water partition coefficient (Wildman–Crippen LogP) is 1.75. The molecule has 1 saturated heterocycles. The van der Waals surface area contributed by atoms with Crippen LogP contribution < -0.4 is 10.6 Å². The SMILES string of the molecule is CCCNC1CCCN(C(C)C(=O)NC(C)(C)C)C1. The van der Waals surface area contributed by atoms with Crippen molar-refractivity contribution < 1.29 is 4.79 Å². The van der Waals surface area contributed by atoms with Crippen LogP contribution in [0, 0.1) is 0 Å². The van der Waals surface area contributed by atoms with E-state index in [2.05, 4.69) is 22.5 Å². The summed E-state index contributed by atoms with van der Waals surface area (Å²) in [6.45, 7) is 13.4.